The molecule has 1 aliphatic heterocycles. The molecule has 4 aromatic rings. The van der Waals surface area contributed by atoms with Crippen LogP contribution in [-0.4, -0.2) is 60.5 Å². The van der Waals surface area contributed by atoms with Crippen LogP contribution < -0.4 is 21.3 Å². The van der Waals surface area contributed by atoms with Crippen LogP contribution in [0.15, 0.2) is 40.2 Å². The third-order valence-corrected chi connectivity index (χ3v) is 9.85. The number of unbranched alkanes of at least 4 members (excludes halogenated alkanes) is 1. The van der Waals surface area contributed by atoms with Crippen LogP contribution in [0.5, 0.6) is 5.75 Å². The van der Waals surface area contributed by atoms with E-state index in [0.29, 0.717) is 72.0 Å². The first-order valence-electron chi connectivity index (χ1n) is 15.4. The maximum absolute atomic E-state index is 14.9. The lowest BCUT2D eigenvalue weighted by atomic mass is 9.94. The van der Waals surface area contributed by atoms with E-state index >= 15 is 0 Å². The molecule has 12 nitrogen and oxygen atoms in total. The van der Waals surface area contributed by atoms with Gasteiger partial charge >= 0.3 is 5.69 Å². The standard InChI is InChI=1S/C31H37FN6O6S/c1-3-4-15-43-24-10-5-19(32)16-22(24)25(44-21-8-6-20(39)7-9-21)17-36-30-26(18(2)29(45-30)38-34-13-14-35-38)28(41)37(31(36)42)23-11-12-33-27(23)40/h5,10,13-14,16,20-21,23,25,39H,3-4,6-9,11-12,15,17H2,1-2H3,(H,33,40)/t20-,21+,23-,25-/m0/s1. The summed E-state index contributed by atoms with van der Waals surface area (Å²) in [7, 11) is 0. The third kappa shape index (κ3) is 6.18. The normalized spacial score (nSPS) is 20.9. The van der Waals surface area contributed by atoms with Gasteiger partial charge in [-0.3, -0.25) is 14.2 Å². The average Bonchev–Trinajstić information content (AvgIpc) is 3.78. The number of fused-ring (bicyclic) bond motifs is 1. The SMILES string of the molecule is CCCCOc1ccc(F)cc1[C@H](Cn1c(=O)n([C@H]2CCNC2=O)c(=O)c2c(C)c(-n3nccn3)sc21)O[C@H]1CC[C@@H](O)CC1. The molecule has 1 aliphatic carbocycles. The number of ether oxygens (including phenoxy) is 2. The number of halogens is 1. The number of thiophene rings is 1. The molecule has 0 bridgehead atoms. The smallest absolute Gasteiger partial charge is 0.332 e. The molecule has 1 aromatic carbocycles. The van der Waals surface area contributed by atoms with Gasteiger partial charge in [-0.1, -0.05) is 24.7 Å². The molecule has 1 saturated heterocycles. The topological polar surface area (TPSA) is 142 Å². The van der Waals surface area contributed by atoms with Gasteiger partial charge in [0.1, 0.15) is 33.5 Å². The molecular weight excluding hydrogens is 603 g/mol. The fourth-order valence-corrected chi connectivity index (χ4v) is 7.37. The van der Waals surface area contributed by atoms with Gasteiger partial charge in [0.15, 0.2) is 0 Å². The number of hydrogen-bond donors (Lipinski definition) is 2. The third-order valence-electron chi connectivity index (χ3n) is 8.57. The van der Waals surface area contributed by atoms with E-state index in [4.69, 9.17) is 9.47 Å². The van der Waals surface area contributed by atoms with Crippen molar-refractivity contribution < 1.29 is 23.8 Å². The molecule has 1 saturated carbocycles. The molecule has 6 rings (SSSR count). The zero-order valence-corrected chi connectivity index (χ0v) is 26.1. The van der Waals surface area contributed by atoms with Crippen LogP contribution in [0.4, 0.5) is 4.39 Å². The molecule has 0 radical (unpaired) electrons. The molecule has 2 N–H and O–H groups in total. The second-order valence-corrected chi connectivity index (χ2v) is 12.6. The number of aromatic nitrogens is 5. The minimum atomic E-state index is -0.965. The number of carbonyl (C=O) groups excluding carboxylic acids is 1. The van der Waals surface area contributed by atoms with Crippen molar-refractivity contribution in [2.75, 3.05) is 13.2 Å². The minimum Gasteiger partial charge on any atom is -0.493 e. The number of rotatable bonds is 11. The highest BCUT2D eigenvalue weighted by Gasteiger charge is 2.34. The Labute approximate surface area is 262 Å². The zero-order chi connectivity index (χ0) is 31.7. The molecule has 1 amide bonds. The maximum atomic E-state index is 14.9. The Morgan fingerprint density at radius 2 is 1.89 bits per heavy atom. The number of amides is 1. The van der Waals surface area contributed by atoms with E-state index < -0.39 is 41.2 Å². The lowest BCUT2D eigenvalue weighted by Crippen LogP contribution is -2.44. The van der Waals surface area contributed by atoms with Crippen LogP contribution in [0.25, 0.3) is 15.2 Å². The Balaban J connectivity index is 1.53. The van der Waals surface area contributed by atoms with E-state index in [1.54, 1.807) is 13.0 Å². The number of carbonyl (C=O) groups is 1. The minimum absolute atomic E-state index is 0.0808. The van der Waals surface area contributed by atoms with Crippen molar-refractivity contribution >= 4 is 27.5 Å². The number of nitrogens with zero attached hydrogens (tertiary/aromatic N) is 5. The molecular formula is C31H37FN6O6S. The Morgan fingerprint density at radius 1 is 1.13 bits per heavy atom. The van der Waals surface area contributed by atoms with Gasteiger partial charge in [0.2, 0.25) is 5.91 Å². The largest absolute Gasteiger partial charge is 0.493 e. The van der Waals surface area contributed by atoms with Crippen molar-refractivity contribution in [2.24, 2.45) is 0 Å². The van der Waals surface area contributed by atoms with Crippen molar-refractivity contribution in [3.05, 3.63) is 68.4 Å². The Hall–Kier alpha value is -3.88. The van der Waals surface area contributed by atoms with Crippen molar-refractivity contribution in [1.82, 2.24) is 29.4 Å². The highest BCUT2D eigenvalue weighted by molar-refractivity contribution is 7.21. The van der Waals surface area contributed by atoms with Crippen molar-refractivity contribution in [1.29, 1.82) is 0 Å². The lowest BCUT2D eigenvalue weighted by molar-refractivity contribution is -0.122. The van der Waals surface area contributed by atoms with E-state index in [1.165, 1.54) is 45.2 Å². The number of hydrogen-bond acceptors (Lipinski definition) is 9. The van der Waals surface area contributed by atoms with Crippen LogP contribution in [0.2, 0.25) is 0 Å². The second-order valence-electron chi connectivity index (χ2n) is 11.6. The molecule has 0 spiro atoms. The summed E-state index contributed by atoms with van der Waals surface area (Å²) < 4.78 is 30.1. The zero-order valence-electron chi connectivity index (χ0n) is 25.3. The summed E-state index contributed by atoms with van der Waals surface area (Å²) in [5.74, 6) is -0.431. The van der Waals surface area contributed by atoms with Crippen molar-refractivity contribution in [2.45, 2.75) is 89.7 Å². The van der Waals surface area contributed by atoms with Crippen LogP contribution in [0, 0.1) is 12.7 Å². The van der Waals surface area contributed by atoms with Crippen molar-refractivity contribution in [3.8, 4) is 10.8 Å². The summed E-state index contributed by atoms with van der Waals surface area (Å²) in [6.45, 7) is 4.50. The Kier molecular flexibility index (Phi) is 9.15. The predicted octanol–water partition coefficient (Wildman–Crippen LogP) is 3.55. The van der Waals surface area contributed by atoms with Crippen LogP contribution >= 0.6 is 11.3 Å². The second kappa shape index (κ2) is 13.2. The van der Waals surface area contributed by atoms with Gasteiger partial charge in [-0.25, -0.2) is 13.8 Å². The van der Waals surface area contributed by atoms with Crippen LogP contribution in [0.3, 0.4) is 0 Å². The molecule has 4 heterocycles. The van der Waals surface area contributed by atoms with E-state index in [9.17, 15) is 23.9 Å². The summed E-state index contributed by atoms with van der Waals surface area (Å²) in [5.41, 5.74) is -0.206. The van der Waals surface area contributed by atoms with Gasteiger partial charge in [-0.2, -0.15) is 10.2 Å². The average molecular weight is 641 g/mol. The Bertz CT molecular complexity index is 1790. The van der Waals surface area contributed by atoms with Gasteiger partial charge in [-0.15, -0.1) is 4.80 Å². The summed E-state index contributed by atoms with van der Waals surface area (Å²) >= 11 is 1.19. The van der Waals surface area contributed by atoms with Gasteiger partial charge in [0, 0.05) is 17.7 Å². The van der Waals surface area contributed by atoms with E-state index in [0.717, 1.165) is 17.4 Å². The summed E-state index contributed by atoms with van der Waals surface area (Å²) in [5, 5.41) is 22.1. The predicted molar refractivity (Wildman–Crippen MR) is 166 cm³/mol. The molecule has 2 aliphatic rings. The molecule has 45 heavy (non-hydrogen) atoms. The number of aliphatic hydroxyl groups excluding tert-OH is 1. The first kappa shape index (κ1) is 31.1. The van der Waals surface area contributed by atoms with E-state index in [1.807, 2.05) is 6.92 Å². The summed E-state index contributed by atoms with van der Waals surface area (Å²) in [4.78, 5) is 42.9. The fraction of sp³-hybridized carbons (Fsp3) is 0.516. The molecule has 3 aromatic heterocycles. The van der Waals surface area contributed by atoms with Gasteiger partial charge in [0.05, 0.1) is 43.1 Å². The van der Waals surface area contributed by atoms with Gasteiger partial charge in [-0.05, 0) is 63.6 Å². The van der Waals surface area contributed by atoms with Crippen LogP contribution in [0.1, 0.15) is 75.1 Å². The quantitative estimate of drug-likeness (QED) is 0.237. The maximum Gasteiger partial charge on any atom is 0.332 e. The monoisotopic (exact) mass is 640 g/mol. The molecule has 2 atom stereocenters. The fourth-order valence-electron chi connectivity index (χ4n) is 6.15. The summed E-state index contributed by atoms with van der Waals surface area (Å²) in [6.07, 6.45) is 5.86. The molecule has 14 heteroatoms. The van der Waals surface area contributed by atoms with Gasteiger partial charge in [0.25, 0.3) is 5.56 Å². The number of aliphatic hydroxyl groups is 1. The number of benzene rings is 1. The number of aryl methyl sites for hydroxylation is 1. The van der Waals surface area contributed by atoms with E-state index in [2.05, 4.69) is 15.5 Å². The van der Waals surface area contributed by atoms with Crippen LogP contribution in [-0.2, 0) is 16.1 Å². The first-order chi connectivity index (χ1) is 21.8. The Morgan fingerprint density at radius 3 is 2.58 bits per heavy atom. The highest BCUT2D eigenvalue weighted by atomic mass is 32.1. The van der Waals surface area contributed by atoms with E-state index in [-0.39, 0.29) is 18.0 Å². The summed E-state index contributed by atoms with van der Waals surface area (Å²) in [6, 6.07) is 3.30. The van der Waals surface area contributed by atoms with Crippen molar-refractivity contribution in [3.63, 3.8) is 0 Å². The number of nitrogens with one attached hydrogen (secondary N) is 1. The first-order valence-corrected chi connectivity index (χ1v) is 16.3. The molecule has 0 unspecified atom stereocenters. The molecule has 240 valence electrons. The molecule has 2 fully saturated rings. The van der Waals surface area contributed by atoms with Gasteiger partial charge < -0.3 is 19.9 Å². The lowest BCUT2D eigenvalue weighted by Gasteiger charge is -2.31. The highest BCUT2D eigenvalue weighted by Crippen LogP contribution is 2.36.